The van der Waals surface area contributed by atoms with Crippen molar-refractivity contribution in [2.45, 2.75) is 89.7 Å². The van der Waals surface area contributed by atoms with Crippen LogP contribution in [0.4, 0.5) is 0 Å². The zero-order chi connectivity index (χ0) is 18.3. The molecule has 1 saturated heterocycles. The maximum Gasteiger partial charge on any atom is 0.255 e. The molecule has 2 heterocycles. The molecular weight excluding hydrogens is 324 g/mol. The number of fused-ring (bicyclic) bond motifs is 1. The summed E-state index contributed by atoms with van der Waals surface area (Å²) in [6.45, 7) is 5.69. The first-order chi connectivity index (χ1) is 12.5. The second-order valence-corrected chi connectivity index (χ2v) is 8.99. The lowest BCUT2D eigenvalue weighted by molar-refractivity contribution is -0.0886. The molecule has 4 rings (SSSR count). The van der Waals surface area contributed by atoms with Crippen LogP contribution in [-0.2, 0) is 0 Å². The van der Waals surface area contributed by atoms with Crippen molar-refractivity contribution in [2.24, 2.45) is 5.92 Å². The Hall–Kier alpha value is -1.29. The minimum absolute atomic E-state index is 0.174. The highest BCUT2D eigenvalue weighted by atomic mass is 16.3. The van der Waals surface area contributed by atoms with Crippen LogP contribution in [-0.4, -0.2) is 39.2 Å². The maximum absolute atomic E-state index is 13.3. The fourth-order valence-corrected chi connectivity index (χ4v) is 5.82. The average Bonchev–Trinajstić information content (AvgIpc) is 2.95. The van der Waals surface area contributed by atoms with Gasteiger partial charge < -0.3 is 14.6 Å². The van der Waals surface area contributed by atoms with E-state index in [1.807, 2.05) is 4.90 Å². The molecule has 0 bridgehead atoms. The second kappa shape index (κ2) is 7.03. The Labute approximate surface area is 157 Å². The summed E-state index contributed by atoms with van der Waals surface area (Å²) in [6, 6.07) is 2.67. The predicted molar refractivity (Wildman–Crippen MR) is 103 cm³/mol. The van der Waals surface area contributed by atoms with E-state index in [0.29, 0.717) is 12.6 Å². The first-order valence-electron chi connectivity index (χ1n) is 10.7. The van der Waals surface area contributed by atoms with Crippen molar-refractivity contribution >= 4 is 5.91 Å². The molecular formula is C22H34N2O2. The molecule has 144 valence electrons. The summed E-state index contributed by atoms with van der Waals surface area (Å²) in [5.74, 6) is 0.434. The summed E-state index contributed by atoms with van der Waals surface area (Å²) < 4.78 is 2.42. The van der Waals surface area contributed by atoms with E-state index in [4.69, 9.17) is 0 Å². The molecule has 3 fully saturated rings. The topological polar surface area (TPSA) is 45.5 Å². The van der Waals surface area contributed by atoms with Gasteiger partial charge in [-0.3, -0.25) is 4.79 Å². The normalized spacial score (nSPS) is 30.3. The summed E-state index contributed by atoms with van der Waals surface area (Å²) in [4.78, 5) is 15.3. The highest BCUT2D eigenvalue weighted by Crippen LogP contribution is 2.40. The van der Waals surface area contributed by atoms with Gasteiger partial charge in [-0.15, -0.1) is 0 Å². The predicted octanol–water partition coefficient (Wildman–Crippen LogP) is 4.38. The van der Waals surface area contributed by atoms with Gasteiger partial charge >= 0.3 is 0 Å². The molecule has 0 radical (unpaired) electrons. The number of aromatic nitrogens is 1. The molecule has 1 N–H and O–H groups in total. The van der Waals surface area contributed by atoms with Crippen LogP contribution in [0.25, 0.3) is 0 Å². The zero-order valence-corrected chi connectivity index (χ0v) is 16.5. The van der Waals surface area contributed by atoms with E-state index in [-0.39, 0.29) is 11.8 Å². The van der Waals surface area contributed by atoms with Crippen LogP contribution in [0.1, 0.15) is 92.0 Å². The van der Waals surface area contributed by atoms with E-state index in [1.54, 1.807) is 0 Å². The standard InChI is InChI=1S/C22H34N2O2/c1-16-14-20(17(2)24(16)19-9-4-3-5-10-19)21(25)23-13-12-22(26)11-7-6-8-18(22)15-23/h14,18-19,26H,3-13,15H2,1-2H3. The molecule has 0 spiro atoms. The van der Waals surface area contributed by atoms with Gasteiger partial charge in [0, 0.05) is 36.4 Å². The Morgan fingerprint density at radius 1 is 1.08 bits per heavy atom. The summed E-state index contributed by atoms with van der Waals surface area (Å²) in [6.07, 6.45) is 11.5. The number of hydrogen-bond acceptors (Lipinski definition) is 2. The fourth-order valence-electron chi connectivity index (χ4n) is 5.82. The zero-order valence-electron chi connectivity index (χ0n) is 16.5. The van der Waals surface area contributed by atoms with Crippen molar-refractivity contribution in [3.63, 3.8) is 0 Å². The maximum atomic E-state index is 13.3. The molecule has 0 aromatic carbocycles. The average molecular weight is 359 g/mol. The Morgan fingerprint density at radius 3 is 2.58 bits per heavy atom. The lowest BCUT2D eigenvalue weighted by atomic mass is 9.71. The largest absolute Gasteiger partial charge is 0.389 e. The van der Waals surface area contributed by atoms with Gasteiger partial charge in [-0.25, -0.2) is 0 Å². The lowest BCUT2D eigenvalue weighted by Gasteiger charge is -2.47. The smallest absolute Gasteiger partial charge is 0.255 e. The molecule has 1 aromatic rings. The monoisotopic (exact) mass is 358 g/mol. The molecule has 2 aliphatic carbocycles. The quantitative estimate of drug-likeness (QED) is 0.853. The van der Waals surface area contributed by atoms with Gasteiger partial charge in [-0.1, -0.05) is 32.1 Å². The molecule has 1 aromatic heterocycles. The third-order valence-corrected chi connectivity index (χ3v) is 7.37. The van der Waals surface area contributed by atoms with Crippen molar-refractivity contribution in [2.75, 3.05) is 13.1 Å². The number of aliphatic hydroxyl groups is 1. The minimum atomic E-state index is -0.520. The summed E-state index contributed by atoms with van der Waals surface area (Å²) in [5, 5.41) is 10.9. The van der Waals surface area contributed by atoms with Crippen molar-refractivity contribution in [3.05, 3.63) is 23.0 Å². The van der Waals surface area contributed by atoms with Crippen LogP contribution >= 0.6 is 0 Å². The van der Waals surface area contributed by atoms with Crippen molar-refractivity contribution in [3.8, 4) is 0 Å². The number of amides is 1. The molecule has 4 nitrogen and oxygen atoms in total. The van der Waals surface area contributed by atoms with Gasteiger partial charge in [0.1, 0.15) is 0 Å². The number of likely N-dealkylation sites (tertiary alicyclic amines) is 1. The fraction of sp³-hybridized carbons (Fsp3) is 0.773. The number of nitrogens with zero attached hydrogens (tertiary/aromatic N) is 2. The van der Waals surface area contributed by atoms with Crippen LogP contribution < -0.4 is 0 Å². The van der Waals surface area contributed by atoms with Gasteiger partial charge in [-0.05, 0) is 52.0 Å². The molecule has 2 saturated carbocycles. The molecule has 2 atom stereocenters. The minimum Gasteiger partial charge on any atom is -0.389 e. The van der Waals surface area contributed by atoms with E-state index >= 15 is 0 Å². The van der Waals surface area contributed by atoms with Gasteiger partial charge in [-0.2, -0.15) is 0 Å². The highest BCUT2D eigenvalue weighted by molar-refractivity contribution is 5.95. The third-order valence-electron chi connectivity index (χ3n) is 7.37. The van der Waals surface area contributed by atoms with Gasteiger partial charge in [0.2, 0.25) is 0 Å². The third kappa shape index (κ3) is 3.11. The van der Waals surface area contributed by atoms with E-state index in [2.05, 4.69) is 24.5 Å². The molecule has 3 aliphatic rings. The van der Waals surface area contributed by atoms with E-state index in [0.717, 1.165) is 43.5 Å². The summed E-state index contributed by atoms with van der Waals surface area (Å²) in [7, 11) is 0. The number of hydrogen-bond donors (Lipinski definition) is 1. The number of carbonyl (C=O) groups is 1. The van der Waals surface area contributed by atoms with Gasteiger partial charge in [0.25, 0.3) is 5.91 Å². The van der Waals surface area contributed by atoms with E-state index in [9.17, 15) is 9.90 Å². The molecule has 26 heavy (non-hydrogen) atoms. The van der Waals surface area contributed by atoms with E-state index in [1.165, 1.54) is 44.2 Å². The first-order valence-corrected chi connectivity index (χ1v) is 10.7. The first kappa shape index (κ1) is 18.1. The molecule has 4 heteroatoms. The van der Waals surface area contributed by atoms with Crippen LogP contribution in [0.5, 0.6) is 0 Å². The number of aryl methyl sites for hydroxylation is 1. The highest BCUT2D eigenvalue weighted by Gasteiger charge is 2.44. The number of piperidine rings is 1. The Bertz CT molecular complexity index is 674. The Kier molecular flexibility index (Phi) is 4.89. The van der Waals surface area contributed by atoms with E-state index < -0.39 is 5.60 Å². The van der Waals surface area contributed by atoms with Crippen molar-refractivity contribution in [1.82, 2.24) is 9.47 Å². The SMILES string of the molecule is Cc1cc(C(=O)N2CCC3(O)CCCCC3C2)c(C)n1C1CCCCC1. The molecule has 1 amide bonds. The molecule has 1 aliphatic heterocycles. The van der Waals surface area contributed by atoms with Crippen LogP contribution in [0.15, 0.2) is 6.07 Å². The van der Waals surface area contributed by atoms with Crippen LogP contribution in [0, 0.1) is 19.8 Å². The van der Waals surface area contributed by atoms with Gasteiger partial charge in [0.15, 0.2) is 0 Å². The number of rotatable bonds is 2. The van der Waals surface area contributed by atoms with Crippen LogP contribution in [0.3, 0.4) is 0 Å². The Balaban J connectivity index is 1.53. The summed E-state index contributed by atoms with van der Waals surface area (Å²) in [5.41, 5.74) is 2.73. The van der Waals surface area contributed by atoms with Crippen LogP contribution in [0.2, 0.25) is 0 Å². The summed E-state index contributed by atoms with van der Waals surface area (Å²) >= 11 is 0. The van der Waals surface area contributed by atoms with Crippen molar-refractivity contribution in [1.29, 1.82) is 0 Å². The number of carbonyl (C=O) groups excluding carboxylic acids is 1. The lowest BCUT2D eigenvalue weighted by Crippen LogP contribution is -2.54. The molecule has 2 unspecified atom stereocenters. The van der Waals surface area contributed by atoms with Gasteiger partial charge in [0.05, 0.1) is 11.2 Å². The van der Waals surface area contributed by atoms with Crippen molar-refractivity contribution < 1.29 is 9.90 Å². The Morgan fingerprint density at radius 2 is 1.81 bits per heavy atom. The second-order valence-electron chi connectivity index (χ2n) is 8.99.